The summed E-state index contributed by atoms with van der Waals surface area (Å²) >= 11 is 0. The molecule has 0 unspecified atom stereocenters. The second kappa shape index (κ2) is 6.13. The third-order valence-electron chi connectivity index (χ3n) is 2.33. The molecule has 0 aliphatic carbocycles. The van der Waals surface area contributed by atoms with Crippen LogP contribution in [0.25, 0.3) is 0 Å². The van der Waals surface area contributed by atoms with E-state index in [2.05, 4.69) is 0 Å². The van der Waals surface area contributed by atoms with Gasteiger partial charge in [0.25, 0.3) is 11.4 Å². The summed E-state index contributed by atoms with van der Waals surface area (Å²) in [4.78, 5) is 29.0. The van der Waals surface area contributed by atoms with Crippen molar-refractivity contribution in [1.82, 2.24) is 5.32 Å². The molecule has 1 aromatic rings. The summed E-state index contributed by atoms with van der Waals surface area (Å²) in [6, 6.07) is 2.12. The molecule has 21 heavy (non-hydrogen) atoms. The molecule has 11 nitrogen and oxygen atoms in total. The van der Waals surface area contributed by atoms with Crippen molar-refractivity contribution in [3.05, 3.63) is 38.4 Å². The Morgan fingerprint density at radius 2 is 1.86 bits per heavy atom. The van der Waals surface area contributed by atoms with Crippen LogP contribution in [0.3, 0.4) is 0 Å². The third kappa shape index (κ3) is 4.10. The van der Waals surface area contributed by atoms with Crippen LogP contribution in [0.5, 0.6) is 0 Å². The number of nitro groups is 2. The van der Waals surface area contributed by atoms with Crippen molar-refractivity contribution in [2.24, 2.45) is 0 Å². The number of nitrogens with zero attached hydrogens (tertiary/aromatic N) is 2. The lowest BCUT2D eigenvalue weighted by Crippen LogP contribution is -2.27. The van der Waals surface area contributed by atoms with Gasteiger partial charge in [0.1, 0.15) is 4.90 Å². The number of nitro benzene ring substituents is 2. The Morgan fingerprint density at radius 3 is 2.33 bits per heavy atom. The van der Waals surface area contributed by atoms with Crippen molar-refractivity contribution < 1.29 is 28.2 Å². The van der Waals surface area contributed by atoms with Gasteiger partial charge in [0.2, 0.25) is 0 Å². The van der Waals surface area contributed by atoms with Gasteiger partial charge in [-0.05, 0) is 6.07 Å². The summed E-state index contributed by atoms with van der Waals surface area (Å²) in [6.07, 6.45) is -1.44. The Kier molecular flexibility index (Phi) is 4.75. The highest BCUT2D eigenvalue weighted by Crippen LogP contribution is 2.28. The zero-order chi connectivity index (χ0) is 16.2. The van der Waals surface area contributed by atoms with E-state index in [1.807, 2.05) is 5.32 Å². The van der Waals surface area contributed by atoms with E-state index in [1.165, 1.54) is 0 Å². The Balaban J connectivity index is 3.19. The summed E-state index contributed by atoms with van der Waals surface area (Å²) in [6.45, 7) is -0.466. The van der Waals surface area contributed by atoms with Crippen molar-refractivity contribution in [1.29, 1.82) is 0 Å². The van der Waals surface area contributed by atoms with Crippen LogP contribution < -0.4 is 5.32 Å². The number of hydrogen-bond acceptors (Lipinski definition) is 7. The first kappa shape index (κ1) is 16.3. The van der Waals surface area contributed by atoms with Gasteiger partial charge in [-0.3, -0.25) is 20.2 Å². The van der Waals surface area contributed by atoms with E-state index in [1.54, 1.807) is 0 Å². The first-order valence-corrected chi connectivity index (χ1v) is 6.93. The van der Waals surface area contributed by atoms with E-state index in [4.69, 9.17) is 5.11 Å². The third-order valence-corrected chi connectivity index (χ3v) is 4.09. The van der Waals surface area contributed by atoms with Crippen LogP contribution in [-0.4, -0.2) is 41.8 Å². The van der Waals surface area contributed by atoms with Crippen molar-refractivity contribution in [2.75, 3.05) is 12.3 Å². The zero-order valence-electron chi connectivity index (χ0n) is 10.3. The minimum atomic E-state index is -4.16. The van der Waals surface area contributed by atoms with Crippen LogP contribution in [-0.2, 0) is 9.84 Å². The van der Waals surface area contributed by atoms with Crippen LogP contribution in [0.15, 0.2) is 23.1 Å². The quantitative estimate of drug-likeness (QED) is 0.565. The van der Waals surface area contributed by atoms with Gasteiger partial charge in [0, 0.05) is 12.6 Å². The number of benzene rings is 1. The lowest BCUT2D eigenvalue weighted by Gasteiger charge is -2.05. The van der Waals surface area contributed by atoms with Crippen LogP contribution in [0.4, 0.5) is 16.2 Å². The van der Waals surface area contributed by atoms with Gasteiger partial charge in [-0.15, -0.1) is 0 Å². The van der Waals surface area contributed by atoms with Gasteiger partial charge in [0.15, 0.2) is 9.84 Å². The average molecular weight is 319 g/mol. The van der Waals surface area contributed by atoms with E-state index < -0.39 is 54.3 Å². The maximum absolute atomic E-state index is 11.9. The largest absolute Gasteiger partial charge is 0.465 e. The smallest absolute Gasteiger partial charge is 0.404 e. The number of sulfone groups is 1. The van der Waals surface area contributed by atoms with Crippen LogP contribution in [0.1, 0.15) is 0 Å². The van der Waals surface area contributed by atoms with Crippen LogP contribution >= 0.6 is 0 Å². The van der Waals surface area contributed by atoms with Crippen LogP contribution in [0, 0.1) is 20.2 Å². The van der Waals surface area contributed by atoms with Gasteiger partial charge in [-0.1, -0.05) is 0 Å². The fraction of sp³-hybridized carbons (Fsp3) is 0.222. The molecule has 114 valence electrons. The Morgan fingerprint density at radius 1 is 1.24 bits per heavy atom. The highest BCUT2D eigenvalue weighted by molar-refractivity contribution is 7.91. The molecule has 1 rings (SSSR count). The number of amides is 1. The molecule has 12 heteroatoms. The SMILES string of the molecule is O=C(O)NCCS(=O)(=O)c1ccc([N+](=O)[O-])cc1[N+](=O)[O-]. The fourth-order valence-corrected chi connectivity index (χ4v) is 2.75. The van der Waals surface area contributed by atoms with Gasteiger partial charge in [0.05, 0.1) is 21.7 Å². The molecule has 0 aliphatic rings. The monoisotopic (exact) mass is 319 g/mol. The molecule has 0 bridgehead atoms. The van der Waals surface area contributed by atoms with Gasteiger partial charge in [-0.2, -0.15) is 0 Å². The molecular formula is C9H9N3O8S. The summed E-state index contributed by atoms with van der Waals surface area (Å²) in [5.41, 5.74) is -1.55. The summed E-state index contributed by atoms with van der Waals surface area (Å²) < 4.78 is 23.8. The maximum Gasteiger partial charge on any atom is 0.404 e. The molecule has 0 saturated carbocycles. The number of carbonyl (C=O) groups is 1. The van der Waals surface area contributed by atoms with Crippen molar-refractivity contribution in [2.45, 2.75) is 4.90 Å². The van der Waals surface area contributed by atoms with E-state index in [0.717, 1.165) is 12.1 Å². The topological polar surface area (TPSA) is 170 Å². The molecule has 0 spiro atoms. The molecule has 1 amide bonds. The lowest BCUT2D eigenvalue weighted by molar-refractivity contribution is -0.396. The maximum atomic E-state index is 11.9. The number of hydrogen-bond donors (Lipinski definition) is 2. The predicted octanol–water partition coefficient (Wildman–Crippen LogP) is 0.544. The second-order valence-electron chi connectivity index (χ2n) is 3.72. The average Bonchev–Trinajstić information content (AvgIpc) is 2.37. The van der Waals surface area contributed by atoms with Gasteiger partial charge in [-0.25, -0.2) is 13.2 Å². The molecule has 0 heterocycles. The van der Waals surface area contributed by atoms with E-state index in [9.17, 15) is 33.4 Å². The molecule has 0 saturated heterocycles. The molecule has 2 N–H and O–H groups in total. The standard InChI is InChI=1S/C9H9N3O8S/c13-9(14)10-3-4-21(19,20)8-2-1-6(11(15)16)5-7(8)12(17)18/h1-2,5,10H,3-4H2,(H,13,14). The van der Waals surface area contributed by atoms with Crippen molar-refractivity contribution >= 4 is 27.3 Å². The predicted molar refractivity (Wildman–Crippen MR) is 67.8 cm³/mol. The highest BCUT2D eigenvalue weighted by atomic mass is 32.2. The normalized spacial score (nSPS) is 10.9. The van der Waals surface area contributed by atoms with E-state index >= 15 is 0 Å². The Hall–Kier alpha value is -2.76. The zero-order valence-corrected chi connectivity index (χ0v) is 11.1. The number of nitrogens with one attached hydrogen (secondary N) is 1. The first-order valence-electron chi connectivity index (χ1n) is 5.27. The second-order valence-corrected chi connectivity index (χ2v) is 5.79. The lowest BCUT2D eigenvalue weighted by atomic mass is 10.3. The molecule has 0 atom stereocenters. The van der Waals surface area contributed by atoms with Gasteiger partial charge < -0.3 is 10.4 Å². The summed E-state index contributed by atoms with van der Waals surface area (Å²) in [7, 11) is -4.16. The number of carboxylic acid groups (broad SMARTS) is 1. The minimum Gasteiger partial charge on any atom is -0.465 e. The minimum absolute atomic E-state index is 0.466. The fourth-order valence-electron chi connectivity index (χ4n) is 1.43. The highest BCUT2D eigenvalue weighted by Gasteiger charge is 2.28. The molecule has 0 radical (unpaired) electrons. The molecular weight excluding hydrogens is 310 g/mol. The number of non-ortho nitro benzene ring substituents is 1. The molecule has 0 aromatic heterocycles. The van der Waals surface area contributed by atoms with E-state index in [-0.39, 0.29) is 0 Å². The first-order chi connectivity index (χ1) is 9.65. The summed E-state index contributed by atoms with van der Waals surface area (Å²) in [5, 5.41) is 31.5. The van der Waals surface area contributed by atoms with Crippen molar-refractivity contribution in [3.63, 3.8) is 0 Å². The summed E-state index contributed by atoms with van der Waals surface area (Å²) in [5.74, 6) is -0.710. The van der Waals surface area contributed by atoms with E-state index in [0.29, 0.717) is 6.07 Å². The van der Waals surface area contributed by atoms with Crippen LogP contribution in [0.2, 0.25) is 0 Å². The van der Waals surface area contributed by atoms with Crippen molar-refractivity contribution in [3.8, 4) is 0 Å². The molecule has 1 aromatic carbocycles. The van der Waals surface area contributed by atoms with Gasteiger partial charge >= 0.3 is 6.09 Å². The molecule has 0 fully saturated rings. The molecule has 0 aliphatic heterocycles. The Bertz CT molecular complexity index is 699. The number of rotatable bonds is 6. The Labute approximate surface area is 117 Å².